The number of aliphatic hydroxyl groups excluding tert-OH is 1. The van der Waals surface area contributed by atoms with Gasteiger partial charge in [-0.25, -0.2) is 4.98 Å². The summed E-state index contributed by atoms with van der Waals surface area (Å²) in [5.74, 6) is -0.532. The first kappa shape index (κ1) is 9.66. The Morgan fingerprint density at radius 1 is 1.69 bits per heavy atom. The van der Waals surface area contributed by atoms with E-state index in [2.05, 4.69) is 15.3 Å². The number of aliphatic hydroxyl groups is 1. The zero-order valence-electron chi connectivity index (χ0n) is 7.12. The summed E-state index contributed by atoms with van der Waals surface area (Å²) in [4.78, 5) is 7.32. The van der Waals surface area contributed by atoms with Crippen LogP contribution in [0.2, 0.25) is 0 Å². The summed E-state index contributed by atoms with van der Waals surface area (Å²) in [5, 5.41) is 11.1. The molecule has 0 aliphatic heterocycles. The van der Waals surface area contributed by atoms with E-state index in [9.17, 15) is 4.39 Å². The largest absolute Gasteiger partial charge is 0.473 e. The fourth-order valence-electron chi connectivity index (χ4n) is 0.715. The van der Waals surface area contributed by atoms with Gasteiger partial charge in [0.05, 0.1) is 12.8 Å². The van der Waals surface area contributed by atoms with Gasteiger partial charge in [-0.05, 0) is 0 Å². The van der Waals surface area contributed by atoms with Crippen LogP contribution in [0.3, 0.4) is 0 Å². The Labute approximate surface area is 74.6 Å². The highest BCUT2D eigenvalue weighted by molar-refractivity contribution is 5.27. The molecule has 0 spiro atoms. The highest BCUT2D eigenvalue weighted by Crippen LogP contribution is 2.13. The van der Waals surface area contributed by atoms with Crippen molar-refractivity contribution in [2.75, 3.05) is 25.6 Å². The van der Waals surface area contributed by atoms with Gasteiger partial charge in [0.25, 0.3) is 5.88 Å². The molecule has 0 bridgehead atoms. The smallest absolute Gasteiger partial charge is 0.255 e. The lowest BCUT2D eigenvalue weighted by molar-refractivity contribution is 0.191. The Morgan fingerprint density at radius 2 is 2.46 bits per heavy atom. The van der Waals surface area contributed by atoms with Crippen molar-refractivity contribution in [3.05, 3.63) is 12.0 Å². The van der Waals surface area contributed by atoms with Gasteiger partial charge in [0.15, 0.2) is 0 Å². The van der Waals surface area contributed by atoms with Crippen molar-refractivity contribution in [3.8, 4) is 5.88 Å². The zero-order chi connectivity index (χ0) is 9.68. The predicted molar refractivity (Wildman–Crippen MR) is 44.1 cm³/mol. The molecule has 0 fully saturated rings. The highest BCUT2D eigenvalue weighted by Gasteiger charge is 2.06. The third-order valence-electron chi connectivity index (χ3n) is 1.27. The number of nitrogens with one attached hydrogen (secondary N) is 1. The molecule has 0 aliphatic carbocycles. The second-order valence-electron chi connectivity index (χ2n) is 2.17. The van der Waals surface area contributed by atoms with Crippen LogP contribution < -0.4 is 10.1 Å². The van der Waals surface area contributed by atoms with Crippen LogP contribution in [-0.4, -0.2) is 35.3 Å². The molecule has 1 aromatic heterocycles. The minimum atomic E-state index is -0.646. The quantitative estimate of drug-likeness (QED) is 0.696. The number of halogens is 1. The van der Waals surface area contributed by atoms with Gasteiger partial charge >= 0.3 is 0 Å². The molecule has 5 nitrogen and oxygen atoms in total. The minimum absolute atomic E-state index is 0.0110. The van der Waals surface area contributed by atoms with Crippen molar-refractivity contribution >= 4 is 5.95 Å². The number of hydrogen-bond donors (Lipinski definition) is 2. The third-order valence-corrected chi connectivity index (χ3v) is 1.27. The van der Waals surface area contributed by atoms with E-state index >= 15 is 0 Å². The summed E-state index contributed by atoms with van der Waals surface area (Å²) in [5.41, 5.74) is 0. The molecule has 6 heteroatoms. The molecule has 0 saturated heterocycles. The summed E-state index contributed by atoms with van der Waals surface area (Å²) in [6.07, 6.45) is 1.01. The number of ether oxygens (including phenoxy) is 1. The van der Waals surface area contributed by atoms with Gasteiger partial charge < -0.3 is 15.2 Å². The van der Waals surface area contributed by atoms with Gasteiger partial charge in [-0.1, -0.05) is 0 Å². The maximum absolute atomic E-state index is 12.9. The molecule has 0 aliphatic rings. The van der Waals surface area contributed by atoms with Crippen LogP contribution >= 0.6 is 0 Å². The summed E-state index contributed by atoms with van der Waals surface area (Å²) in [6, 6.07) is 0. The van der Waals surface area contributed by atoms with Gasteiger partial charge in [0.1, 0.15) is 6.61 Å². The second kappa shape index (κ2) is 4.56. The first-order valence-electron chi connectivity index (χ1n) is 3.72. The first-order chi connectivity index (χ1) is 6.27. The van der Waals surface area contributed by atoms with E-state index in [1.54, 1.807) is 7.05 Å². The molecule has 13 heavy (non-hydrogen) atoms. The van der Waals surface area contributed by atoms with Crippen molar-refractivity contribution in [2.45, 2.75) is 0 Å². The zero-order valence-corrected chi connectivity index (χ0v) is 7.12. The van der Waals surface area contributed by atoms with Crippen LogP contribution in [0.15, 0.2) is 6.20 Å². The van der Waals surface area contributed by atoms with Crippen molar-refractivity contribution in [1.29, 1.82) is 0 Å². The van der Waals surface area contributed by atoms with E-state index in [1.165, 1.54) is 0 Å². The maximum atomic E-state index is 12.9. The molecule has 0 aromatic carbocycles. The fourth-order valence-corrected chi connectivity index (χ4v) is 0.715. The summed E-state index contributed by atoms with van der Waals surface area (Å²) >= 11 is 0. The Kier molecular flexibility index (Phi) is 3.39. The molecule has 0 saturated carbocycles. The second-order valence-corrected chi connectivity index (χ2v) is 2.17. The average Bonchev–Trinajstić information content (AvgIpc) is 2.17. The number of anilines is 1. The predicted octanol–water partition coefficient (Wildman–Crippen LogP) is 0.0285. The number of aromatic nitrogens is 2. The van der Waals surface area contributed by atoms with Gasteiger partial charge in [-0.2, -0.15) is 9.37 Å². The molecule has 0 unspecified atom stereocenters. The monoisotopic (exact) mass is 187 g/mol. The molecule has 1 heterocycles. The molecule has 2 N–H and O–H groups in total. The molecular weight excluding hydrogens is 177 g/mol. The van der Waals surface area contributed by atoms with Crippen LogP contribution in [0, 0.1) is 5.82 Å². The van der Waals surface area contributed by atoms with Crippen molar-refractivity contribution in [3.63, 3.8) is 0 Å². The lowest BCUT2D eigenvalue weighted by Crippen LogP contribution is -2.07. The Morgan fingerprint density at radius 3 is 3.08 bits per heavy atom. The molecule has 1 aromatic rings. The molecule has 72 valence electrons. The van der Waals surface area contributed by atoms with Crippen LogP contribution in [0.4, 0.5) is 10.3 Å². The first-order valence-corrected chi connectivity index (χ1v) is 3.72. The molecule has 0 amide bonds. The van der Waals surface area contributed by atoms with Crippen LogP contribution in [0.25, 0.3) is 0 Å². The minimum Gasteiger partial charge on any atom is -0.473 e. The maximum Gasteiger partial charge on any atom is 0.255 e. The van der Waals surface area contributed by atoms with E-state index < -0.39 is 5.82 Å². The Bertz CT molecular complexity index is 282. The summed E-state index contributed by atoms with van der Waals surface area (Å²) in [6.45, 7) is -0.171. The number of rotatable bonds is 4. The third kappa shape index (κ3) is 2.51. The van der Waals surface area contributed by atoms with E-state index in [4.69, 9.17) is 9.84 Å². The van der Waals surface area contributed by atoms with Gasteiger partial charge in [-0.3, -0.25) is 0 Å². The fraction of sp³-hybridized carbons (Fsp3) is 0.429. The van der Waals surface area contributed by atoms with Crippen LogP contribution in [0.5, 0.6) is 5.88 Å². The Balaban J connectivity index is 2.78. The number of nitrogens with zero attached hydrogens (tertiary/aromatic N) is 2. The van der Waals surface area contributed by atoms with Crippen molar-refractivity contribution in [2.24, 2.45) is 0 Å². The molecule has 0 atom stereocenters. The SMILES string of the molecule is CNc1ncc(F)c(OCCO)n1. The summed E-state index contributed by atoms with van der Waals surface area (Å²) in [7, 11) is 1.61. The lowest BCUT2D eigenvalue weighted by atomic mass is 10.6. The van der Waals surface area contributed by atoms with Gasteiger partial charge in [-0.15, -0.1) is 0 Å². The van der Waals surface area contributed by atoms with Gasteiger partial charge in [0.2, 0.25) is 11.8 Å². The Hall–Kier alpha value is -1.43. The van der Waals surface area contributed by atoms with E-state index in [0.717, 1.165) is 6.20 Å². The van der Waals surface area contributed by atoms with E-state index in [1.807, 2.05) is 0 Å². The standard InChI is InChI=1S/C7H10FN3O2/c1-9-7-10-4-5(8)6(11-7)13-3-2-12/h4,12H,2-3H2,1H3,(H,9,10,11). The topological polar surface area (TPSA) is 67.3 Å². The molecular formula is C7H10FN3O2. The highest BCUT2D eigenvalue weighted by atomic mass is 19.1. The average molecular weight is 187 g/mol. The summed E-state index contributed by atoms with van der Waals surface area (Å²) < 4.78 is 17.7. The van der Waals surface area contributed by atoms with E-state index in [-0.39, 0.29) is 25.0 Å². The van der Waals surface area contributed by atoms with Crippen molar-refractivity contribution < 1.29 is 14.2 Å². The van der Waals surface area contributed by atoms with Gasteiger partial charge in [0, 0.05) is 7.05 Å². The normalized spacial score (nSPS) is 9.77. The van der Waals surface area contributed by atoms with Crippen molar-refractivity contribution in [1.82, 2.24) is 9.97 Å². The lowest BCUT2D eigenvalue weighted by Gasteiger charge is -2.05. The molecule has 1 rings (SSSR count). The van der Waals surface area contributed by atoms with Crippen LogP contribution in [-0.2, 0) is 0 Å². The number of hydrogen-bond acceptors (Lipinski definition) is 5. The van der Waals surface area contributed by atoms with E-state index in [0.29, 0.717) is 0 Å². The van der Waals surface area contributed by atoms with Crippen LogP contribution in [0.1, 0.15) is 0 Å². The molecule has 0 radical (unpaired) electrons.